The summed E-state index contributed by atoms with van der Waals surface area (Å²) in [6, 6.07) is 6.68. The van der Waals surface area contributed by atoms with Gasteiger partial charge in [-0.25, -0.2) is 4.98 Å². The first kappa shape index (κ1) is 10.5. The highest BCUT2D eigenvalue weighted by molar-refractivity contribution is 5.34. The molecule has 0 spiro atoms. The molecule has 1 fully saturated rings. The SMILES string of the molecule is CCC1CCC(Nc2ccccn2)CC1. The van der Waals surface area contributed by atoms with Crippen molar-refractivity contribution in [1.82, 2.24) is 4.98 Å². The van der Waals surface area contributed by atoms with Gasteiger partial charge in [-0.2, -0.15) is 0 Å². The van der Waals surface area contributed by atoms with Gasteiger partial charge in [0.1, 0.15) is 5.82 Å². The van der Waals surface area contributed by atoms with Gasteiger partial charge in [0.25, 0.3) is 0 Å². The van der Waals surface area contributed by atoms with E-state index in [9.17, 15) is 0 Å². The minimum absolute atomic E-state index is 0.641. The second-order valence-electron chi connectivity index (χ2n) is 4.49. The highest BCUT2D eigenvalue weighted by Gasteiger charge is 2.19. The number of pyridine rings is 1. The summed E-state index contributed by atoms with van der Waals surface area (Å²) in [4.78, 5) is 4.30. The van der Waals surface area contributed by atoms with Crippen LogP contribution in [0.5, 0.6) is 0 Å². The summed E-state index contributed by atoms with van der Waals surface area (Å²) in [7, 11) is 0. The van der Waals surface area contributed by atoms with Gasteiger partial charge in [-0.1, -0.05) is 19.4 Å². The average Bonchev–Trinajstić information content (AvgIpc) is 2.31. The van der Waals surface area contributed by atoms with Crippen molar-refractivity contribution in [2.75, 3.05) is 5.32 Å². The Labute approximate surface area is 92.1 Å². The second-order valence-corrected chi connectivity index (χ2v) is 4.49. The first-order chi connectivity index (χ1) is 7.38. The predicted octanol–water partition coefficient (Wildman–Crippen LogP) is 3.46. The van der Waals surface area contributed by atoms with Crippen molar-refractivity contribution in [3.63, 3.8) is 0 Å². The molecule has 1 saturated carbocycles. The van der Waals surface area contributed by atoms with Gasteiger partial charge in [0.2, 0.25) is 0 Å². The molecule has 82 valence electrons. The van der Waals surface area contributed by atoms with Crippen LogP contribution in [0.2, 0.25) is 0 Å². The van der Waals surface area contributed by atoms with E-state index in [1.54, 1.807) is 0 Å². The van der Waals surface area contributed by atoms with Gasteiger partial charge in [-0.3, -0.25) is 0 Å². The minimum Gasteiger partial charge on any atom is -0.367 e. The van der Waals surface area contributed by atoms with Crippen molar-refractivity contribution in [3.8, 4) is 0 Å². The predicted molar refractivity (Wildman–Crippen MR) is 63.9 cm³/mol. The Bertz CT molecular complexity index is 276. The number of hydrogen-bond acceptors (Lipinski definition) is 2. The van der Waals surface area contributed by atoms with Gasteiger partial charge < -0.3 is 5.32 Å². The molecule has 1 aromatic rings. The van der Waals surface area contributed by atoms with Crippen LogP contribution in [0, 0.1) is 5.92 Å². The first-order valence-corrected chi connectivity index (χ1v) is 6.06. The van der Waals surface area contributed by atoms with Gasteiger partial charge in [0.15, 0.2) is 0 Å². The fourth-order valence-corrected chi connectivity index (χ4v) is 2.37. The summed E-state index contributed by atoms with van der Waals surface area (Å²) >= 11 is 0. The van der Waals surface area contributed by atoms with Crippen LogP contribution in [0.3, 0.4) is 0 Å². The Kier molecular flexibility index (Phi) is 3.59. The zero-order chi connectivity index (χ0) is 10.5. The van der Waals surface area contributed by atoms with Gasteiger partial charge in [-0.05, 0) is 43.7 Å². The smallest absolute Gasteiger partial charge is 0.126 e. The normalized spacial score (nSPS) is 26.2. The van der Waals surface area contributed by atoms with Crippen LogP contribution < -0.4 is 5.32 Å². The standard InChI is InChI=1S/C13H20N2/c1-2-11-6-8-12(9-7-11)15-13-5-3-4-10-14-13/h3-5,10-12H,2,6-9H2,1H3,(H,14,15). The molecule has 0 bridgehead atoms. The van der Waals surface area contributed by atoms with Crippen LogP contribution in [0.1, 0.15) is 39.0 Å². The van der Waals surface area contributed by atoms with Crippen molar-refractivity contribution < 1.29 is 0 Å². The Balaban J connectivity index is 1.82. The zero-order valence-corrected chi connectivity index (χ0v) is 9.45. The third kappa shape index (κ3) is 2.95. The minimum atomic E-state index is 0.641. The highest BCUT2D eigenvalue weighted by Crippen LogP contribution is 2.27. The van der Waals surface area contributed by atoms with Gasteiger partial charge in [0.05, 0.1) is 0 Å². The van der Waals surface area contributed by atoms with Crippen molar-refractivity contribution in [1.29, 1.82) is 0 Å². The topological polar surface area (TPSA) is 24.9 Å². The molecule has 0 amide bonds. The van der Waals surface area contributed by atoms with Gasteiger partial charge in [0, 0.05) is 12.2 Å². The van der Waals surface area contributed by atoms with Crippen LogP contribution in [0.4, 0.5) is 5.82 Å². The van der Waals surface area contributed by atoms with Crippen LogP contribution >= 0.6 is 0 Å². The lowest BCUT2D eigenvalue weighted by atomic mass is 9.84. The van der Waals surface area contributed by atoms with Gasteiger partial charge in [-0.15, -0.1) is 0 Å². The van der Waals surface area contributed by atoms with Crippen LogP contribution in [-0.4, -0.2) is 11.0 Å². The summed E-state index contributed by atoms with van der Waals surface area (Å²) in [6.45, 7) is 2.30. The van der Waals surface area contributed by atoms with Crippen molar-refractivity contribution in [3.05, 3.63) is 24.4 Å². The molecular formula is C13H20N2. The molecular weight excluding hydrogens is 184 g/mol. The Morgan fingerprint density at radius 1 is 1.27 bits per heavy atom. The Morgan fingerprint density at radius 2 is 2.07 bits per heavy atom. The van der Waals surface area contributed by atoms with E-state index < -0.39 is 0 Å². The third-order valence-corrected chi connectivity index (χ3v) is 3.44. The van der Waals surface area contributed by atoms with E-state index in [0.717, 1.165) is 11.7 Å². The fraction of sp³-hybridized carbons (Fsp3) is 0.615. The number of nitrogens with one attached hydrogen (secondary N) is 1. The summed E-state index contributed by atoms with van der Waals surface area (Å²) in [5.74, 6) is 1.99. The summed E-state index contributed by atoms with van der Waals surface area (Å²) in [5.41, 5.74) is 0. The van der Waals surface area contributed by atoms with E-state index in [4.69, 9.17) is 0 Å². The molecule has 2 rings (SSSR count). The summed E-state index contributed by atoms with van der Waals surface area (Å²) in [6.07, 6.45) is 8.54. The number of anilines is 1. The fourth-order valence-electron chi connectivity index (χ4n) is 2.37. The molecule has 1 aliphatic carbocycles. The van der Waals surface area contributed by atoms with Crippen molar-refractivity contribution >= 4 is 5.82 Å². The first-order valence-electron chi connectivity index (χ1n) is 6.06. The maximum absolute atomic E-state index is 4.30. The zero-order valence-electron chi connectivity index (χ0n) is 9.45. The molecule has 15 heavy (non-hydrogen) atoms. The van der Waals surface area contributed by atoms with E-state index in [0.29, 0.717) is 6.04 Å². The molecule has 2 heteroatoms. The molecule has 0 aliphatic heterocycles. The monoisotopic (exact) mass is 204 g/mol. The number of nitrogens with zero attached hydrogens (tertiary/aromatic N) is 1. The van der Waals surface area contributed by atoms with Crippen molar-refractivity contribution in [2.24, 2.45) is 5.92 Å². The maximum Gasteiger partial charge on any atom is 0.126 e. The molecule has 0 aromatic carbocycles. The highest BCUT2D eigenvalue weighted by atomic mass is 15.0. The lowest BCUT2D eigenvalue weighted by Gasteiger charge is -2.28. The summed E-state index contributed by atoms with van der Waals surface area (Å²) < 4.78 is 0. The van der Waals surface area contributed by atoms with E-state index >= 15 is 0 Å². The lowest BCUT2D eigenvalue weighted by Crippen LogP contribution is -2.26. The average molecular weight is 204 g/mol. The third-order valence-electron chi connectivity index (χ3n) is 3.44. The van der Waals surface area contributed by atoms with Crippen molar-refractivity contribution in [2.45, 2.75) is 45.1 Å². The number of aromatic nitrogens is 1. The largest absolute Gasteiger partial charge is 0.367 e. The number of rotatable bonds is 3. The lowest BCUT2D eigenvalue weighted by molar-refractivity contribution is 0.330. The molecule has 2 nitrogen and oxygen atoms in total. The Morgan fingerprint density at radius 3 is 2.67 bits per heavy atom. The summed E-state index contributed by atoms with van der Waals surface area (Å²) in [5, 5.41) is 3.51. The Hall–Kier alpha value is -1.05. The quantitative estimate of drug-likeness (QED) is 0.815. The molecule has 0 atom stereocenters. The van der Waals surface area contributed by atoms with E-state index in [2.05, 4.69) is 17.2 Å². The van der Waals surface area contributed by atoms with Gasteiger partial charge >= 0.3 is 0 Å². The van der Waals surface area contributed by atoms with E-state index in [1.807, 2.05) is 24.4 Å². The molecule has 1 heterocycles. The van der Waals surface area contributed by atoms with Crippen LogP contribution in [-0.2, 0) is 0 Å². The van der Waals surface area contributed by atoms with E-state index in [1.165, 1.54) is 32.1 Å². The molecule has 0 saturated heterocycles. The van der Waals surface area contributed by atoms with Crippen LogP contribution in [0.25, 0.3) is 0 Å². The molecule has 0 radical (unpaired) electrons. The molecule has 1 N–H and O–H groups in total. The number of hydrogen-bond donors (Lipinski definition) is 1. The van der Waals surface area contributed by atoms with E-state index in [-0.39, 0.29) is 0 Å². The van der Waals surface area contributed by atoms with Crippen LogP contribution in [0.15, 0.2) is 24.4 Å². The molecule has 0 unspecified atom stereocenters. The molecule has 1 aliphatic rings. The molecule has 1 aromatic heterocycles. The second kappa shape index (κ2) is 5.15. The maximum atomic E-state index is 4.30.